The van der Waals surface area contributed by atoms with Gasteiger partial charge >= 0.3 is 12.0 Å². The normalized spacial score (nSPS) is 10.1. The number of carbonyl (C=O) groups is 2. The molecule has 2 aromatic carbocycles. The molecule has 0 heterocycles. The number of benzene rings is 2. The van der Waals surface area contributed by atoms with Gasteiger partial charge in [-0.25, -0.2) is 9.59 Å². The zero-order valence-electron chi connectivity index (χ0n) is 13.2. The van der Waals surface area contributed by atoms with Crippen molar-refractivity contribution in [2.24, 2.45) is 0 Å². The van der Waals surface area contributed by atoms with Gasteiger partial charge in [0.05, 0.1) is 5.56 Å². The summed E-state index contributed by atoms with van der Waals surface area (Å²) in [5, 5.41) is 14.6. The van der Waals surface area contributed by atoms with Crippen LogP contribution in [0.4, 0.5) is 10.5 Å². The van der Waals surface area contributed by atoms with Crippen molar-refractivity contribution >= 4 is 29.3 Å². The molecule has 0 saturated carbocycles. The highest BCUT2D eigenvalue weighted by atomic mass is 35.5. The average molecular weight is 349 g/mol. The smallest absolute Gasteiger partial charge is 0.335 e. The standard InChI is InChI=1S/C17H17ClN2O4/c1-10-7-14(8-11(2)15(10)18)24-9-19-17(23)20-13-5-3-12(4-6-13)16(21)22/h3-8H,9H2,1-2H3,(H,21,22)(H2,19,20,23). The van der Waals surface area contributed by atoms with Gasteiger partial charge in [0.2, 0.25) is 0 Å². The van der Waals surface area contributed by atoms with E-state index in [4.69, 9.17) is 21.4 Å². The van der Waals surface area contributed by atoms with Gasteiger partial charge in [0, 0.05) is 10.7 Å². The van der Waals surface area contributed by atoms with E-state index in [0.29, 0.717) is 16.5 Å². The fourth-order valence-electron chi connectivity index (χ4n) is 2.05. The van der Waals surface area contributed by atoms with E-state index in [0.717, 1.165) is 11.1 Å². The Morgan fingerprint density at radius 1 is 1.12 bits per heavy atom. The Morgan fingerprint density at radius 3 is 2.25 bits per heavy atom. The minimum absolute atomic E-state index is 0.0143. The van der Waals surface area contributed by atoms with Crippen molar-refractivity contribution in [2.75, 3.05) is 12.0 Å². The molecule has 0 bridgehead atoms. The van der Waals surface area contributed by atoms with Crippen molar-refractivity contribution < 1.29 is 19.4 Å². The van der Waals surface area contributed by atoms with Crippen LogP contribution in [-0.4, -0.2) is 23.8 Å². The van der Waals surface area contributed by atoms with Crippen LogP contribution >= 0.6 is 11.6 Å². The summed E-state index contributed by atoms with van der Waals surface area (Å²) in [6, 6.07) is 8.96. The van der Waals surface area contributed by atoms with Crippen LogP contribution < -0.4 is 15.4 Å². The Balaban J connectivity index is 1.84. The fourth-order valence-corrected chi connectivity index (χ4v) is 2.16. The molecule has 7 heteroatoms. The number of amides is 2. The molecular formula is C17H17ClN2O4. The molecule has 0 aliphatic carbocycles. The number of ether oxygens (including phenoxy) is 1. The predicted octanol–water partition coefficient (Wildman–Crippen LogP) is 3.81. The van der Waals surface area contributed by atoms with Gasteiger partial charge in [-0.2, -0.15) is 0 Å². The van der Waals surface area contributed by atoms with Crippen LogP contribution in [0.15, 0.2) is 36.4 Å². The Bertz CT molecular complexity index is 737. The number of carboxylic acid groups (broad SMARTS) is 1. The highest BCUT2D eigenvalue weighted by molar-refractivity contribution is 6.32. The average Bonchev–Trinajstić information content (AvgIpc) is 2.53. The van der Waals surface area contributed by atoms with Gasteiger partial charge in [0.25, 0.3) is 0 Å². The number of aryl methyl sites for hydroxylation is 2. The first-order valence-electron chi connectivity index (χ1n) is 7.14. The van der Waals surface area contributed by atoms with Crippen molar-refractivity contribution in [1.82, 2.24) is 5.32 Å². The van der Waals surface area contributed by atoms with E-state index >= 15 is 0 Å². The maximum atomic E-state index is 11.8. The molecule has 0 fully saturated rings. The number of hydrogen-bond donors (Lipinski definition) is 3. The number of carboxylic acids is 1. The van der Waals surface area contributed by atoms with Gasteiger partial charge in [0.1, 0.15) is 5.75 Å². The molecule has 0 aliphatic heterocycles. The highest BCUT2D eigenvalue weighted by Gasteiger charge is 2.06. The molecule has 0 unspecified atom stereocenters. The second-order valence-corrected chi connectivity index (χ2v) is 5.55. The summed E-state index contributed by atoms with van der Waals surface area (Å²) in [5.41, 5.74) is 2.43. The van der Waals surface area contributed by atoms with Gasteiger partial charge in [0.15, 0.2) is 6.73 Å². The summed E-state index contributed by atoms with van der Waals surface area (Å²) in [5.74, 6) is -0.409. The van der Waals surface area contributed by atoms with E-state index in [-0.39, 0.29) is 12.3 Å². The van der Waals surface area contributed by atoms with Gasteiger partial charge in [-0.3, -0.25) is 0 Å². The molecule has 0 spiro atoms. The molecule has 126 valence electrons. The van der Waals surface area contributed by atoms with Crippen molar-refractivity contribution in [3.05, 3.63) is 58.1 Å². The number of urea groups is 1. The fraction of sp³-hybridized carbons (Fsp3) is 0.176. The van der Waals surface area contributed by atoms with Crippen LogP contribution in [0, 0.1) is 13.8 Å². The minimum atomic E-state index is -1.02. The van der Waals surface area contributed by atoms with E-state index in [1.165, 1.54) is 24.3 Å². The predicted molar refractivity (Wildman–Crippen MR) is 92.0 cm³/mol. The first kappa shape index (κ1) is 17.6. The van der Waals surface area contributed by atoms with Crippen molar-refractivity contribution in [3.63, 3.8) is 0 Å². The quantitative estimate of drug-likeness (QED) is 0.717. The summed E-state index contributed by atoms with van der Waals surface area (Å²) >= 11 is 6.08. The molecule has 0 aliphatic rings. The molecule has 0 saturated heterocycles. The monoisotopic (exact) mass is 348 g/mol. The summed E-state index contributed by atoms with van der Waals surface area (Å²) < 4.78 is 5.47. The zero-order valence-corrected chi connectivity index (χ0v) is 14.0. The second kappa shape index (κ2) is 7.70. The summed E-state index contributed by atoms with van der Waals surface area (Å²) in [7, 11) is 0. The Kier molecular flexibility index (Phi) is 5.65. The Morgan fingerprint density at radius 2 is 1.71 bits per heavy atom. The van der Waals surface area contributed by atoms with Crippen LogP contribution in [0.3, 0.4) is 0 Å². The molecule has 6 nitrogen and oxygen atoms in total. The molecule has 2 amide bonds. The van der Waals surface area contributed by atoms with Crippen molar-refractivity contribution in [3.8, 4) is 5.75 Å². The number of rotatable bonds is 5. The maximum Gasteiger partial charge on any atom is 0.335 e. The third kappa shape index (κ3) is 4.63. The van der Waals surface area contributed by atoms with Crippen LogP contribution in [0.2, 0.25) is 5.02 Å². The van der Waals surface area contributed by atoms with Crippen LogP contribution in [0.5, 0.6) is 5.75 Å². The van der Waals surface area contributed by atoms with Crippen molar-refractivity contribution in [2.45, 2.75) is 13.8 Å². The first-order valence-corrected chi connectivity index (χ1v) is 7.52. The molecule has 2 rings (SSSR count). The lowest BCUT2D eigenvalue weighted by molar-refractivity contribution is 0.0697. The molecule has 3 N–H and O–H groups in total. The largest absolute Gasteiger partial charge is 0.478 e. The number of anilines is 1. The number of nitrogens with one attached hydrogen (secondary N) is 2. The zero-order chi connectivity index (χ0) is 17.7. The van der Waals surface area contributed by atoms with E-state index in [1.807, 2.05) is 13.8 Å². The van der Waals surface area contributed by atoms with E-state index < -0.39 is 12.0 Å². The van der Waals surface area contributed by atoms with Crippen molar-refractivity contribution in [1.29, 1.82) is 0 Å². The minimum Gasteiger partial charge on any atom is -0.478 e. The first-order chi connectivity index (χ1) is 11.4. The molecule has 0 aromatic heterocycles. The Hall–Kier alpha value is -2.73. The molecule has 2 aromatic rings. The molecule has 24 heavy (non-hydrogen) atoms. The van der Waals surface area contributed by atoms with Crippen LogP contribution in [-0.2, 0) is 0 Å². The number of halogens is 1. The van der Waals surface area contributed by atoms with Gasteiger partial charge < -0.3 is 20.5 Å². The SMILES string of the molecule is Cc1cc(OCNC(=O)Nc2ccc(C(=O)O)cc2)cc(C)c1Cl. The number of hydrogen-bond acceptors (Lipinski definition) is 3. The summed E-state index contributed by atoms with van der Waals surface area (Å²) in [6.45, 7) is 3.74. The van der Waals surface area contributed by atoms with E-state index in [9.17, 15) is 9.59 Å². The van der Waals surface area contributed by atoms with Crippen LogP contribution in [0.25, 0.3) is 0 Å². The maximum absolute atomic E-state index is 11.8. The molecular weight excluding hydrogens is 332 g/mol. The molecule has 0 atom stereocenters. The number of carbonyl (C=O) groups excluding carboxylic acids is 1. The van der Waals surface area contributed by atoms with Crippen LogP contribution in [0.1, 0.15) is 21.5 Å². The third-order valence-corrected chi connectivity index (χ3v) is 3.87. The summed E-state index contributed by atoms with van der Waals surface area (Å²) in [4.78, 5) is 22.5. The lowest BCUT2D eigenvalue weighted by atomic mass is 10.1. The van der Waals surface area contributed by atoms with Gasteiger partial charge in [-0.05, 0) is 61.4 Å². The molecule has 0 radical (unpaired) electrons. The topological polar surface area (TPSA) is 87.7 Å². The summed E-state index contributed by atoms with van der Waals surface area (Å²) in [6.07, 6.45) is 0. The lowest BCUT2D eigenvalue weighted by Gasteiger charge is -2.11. The number of aromatic carboxylic acids is 1. The Labute approximate surface area is 144 Å². The van der Waals surface area contributed by atoms with Gasteiger partial charge in [-0.1, -0.05) is 11.6 Å². The van der Waals surface area contributed by atoms with Gasteiger partial charge in [-0.15, -0.1) is 0 Å². The van der Waals surface area contributed by atoms with E-state index in [2.05, 4.69) is 10.6 Å². The second-order valence-electron chi connectivity index (χ2n) is 5.17. The third-order valence-electron chi connectivity index (χ3n) is 3.27. The highest BCUT2D eigenvalue weighted by Crippen LogP contribution is 2.25. The lowest BCUT2D eigenvalue weighted by Crippen LogP contribution is -2.32. The van der Waals surface area contributed by atoms with E-state index in [1.54, 1.807) is 12.1 Å².